The Morgan fingerprint density at radius 2 is 2.07 bits per heavy atom. The van der Waals surface area contributed by atoms with E-state index in [1.165, 1.54) is 38.5 Å². The van der Waals surface area contributed by atoms with E-state index in [-0.39, 0.29) is 5.69 Å². The number of benzene rings is 1. The fourth-order valence-corrected chi connectivity index (χ4v) is 1.18. The van der Waals surface area contributed by atoms with Gasteiger partial charge in [-0.1, -0.05) is 6.07 Å². The van der Waals surface area contributed by atoms with Crippen molar-refractivity contribution in [1.82, 2.24) is 0 Å². The number of hydrogen-bond acceptors (Lipinski definition) is 4. The first-order valence-electron chi connectivity index (χ1n) is 4.15. The molecule has 1 rings (SSSR count). The molecule has 0 aliphatic carbocycles. The third kappa shape index (κ3) is 2.70. The normalized spacial score (nSPS) is 10.1. The van der Waals surface area contributed by atoms with Gasteiger partial charge in [0.15, 0.2) is 6.29 Å². The molecular weight excluding hydrogens is 201 g/mol. The van der Waals surface area contributed by atoms with Crippen LogP contribution in [0.3, 0.4) is 0 Å². The van der Waals surface area contributed by atoms with E-state index in [0.717, 1.165) is 0 Å². The molecule has 5 heteroatoms. The van der Waals surface area contributed by atoms with E-state index in [2.05, 4.69) is 4.99 Å². The molecular formula is C10H10FNO3. The van der Waals surface area contributed by atoms with E-state index >= 15 is 0 Å². The summed E-state index contributed by atoms with van der Waals surface area (Å²) in [5, 5.41) is 0. The number of methoxy groups -OCH3 is 2. The van der Waals surface area contributed by atoms with Crippen molar-refractivity contribution in [2.45, 2.75) is 6.29 Å². The van der Waals surface area contributed by atoms with Crippen LogP contribution in [0.15, 0.2) is 23.2 Å². The SMILES string of the molecule is COC(OC)c1ccc(F)c(N=C=O)c1. The molecule has 80 valence electrons. The molecule has 0 amide bonds. The summed E-state index contributed by atoms with van der Waals surface area (Å²) in [6, 6.07) is 4.06. The van der Waals surface area contributed by atoms with Crippen molar-refractivity contribution in [1.29, 1.82) is 0 Å². The summed E-state index contributed by atoms with van der Waals surface area (Å²) in [7, 11) is 2.92. The molecule has 0 radical (unpaired) electrons. The topological polar surface area (TPSA) is 47.9 Å². The van der Waals surface area contributed by atoms with Gasteiger partial charge in [0, 0.05) is 19.8 Å². The Bertz CT molecular complexity index is 384. The molecule has 1 aromatic carbocycles. The van der Waals surface area contributed by atoms with Crippen LogP contribution < -0.4 is 0 Å². The van der Waals surface area contributed by atoms with Crippen molar-refractivity contribution in [2.24, 2.45) is 4.99 Å². The Morgan fingerprint density at radius 3 is 2.60 bits per heavy atom. The third-order valence-electron chi connectivity index (χ3n) is 1.84. The quantitative estimate of drug-likeness (QED) is 0.435. The average Bonchev–Trinajstić information content (AvgIpc) is 2.25. The fourth-order valence-electron chi connectivity index (χ4n) is 1.18. The largest absolute Gasteiger partial charge is 0.352 e. The Kier molecular flexibility index (Phi) is 4.12. The molecule has 0 saturated carbocycles. The highest BCUT2D eigenvalue weighted by Crippen LogP contribution is 2.24. The lowest BCUT2D eigenvalue weighted by Crippen LogP contribution is -2.03. The Labute approximate surface area is 86.3 Å². The zero-order valence-corrected chi connectivity index (χ0v) is 8.36. The Balaban J connectivity index is 3.11. The molecule has 0 aliphatic rings. The number of halogens is 1. The van der Waals surface area contributed by atoms with Gasteiger partial charge in [0.05, 0.1) is 0 Å². The lowest BCUT2D eigenvalue weighted by atomic mass is 10.2. The van der Waals surface area contributed by atoms with E-state index in [1.807, 2.05) is 0 Å². The number of aliphatic imine (C=N–C) groups is 1. The maximum Gasteiger partial charge on any atom is 0.240 e. The second-order valence-corrected chi connectivity index (χ2v) is 2.72. The van der Waals surface area contributed by atoms with Crippen LogP contribution in [0.5, 0.6) is 0 Å². The summed E-state index contributed by atoms with van der Waals surface area (Å²) >= 11 is 0. The molecule has 0 aromatic heterocycles. The summed E-state index contributed by atoms with van der Waals surface area (Å²) in [6.45, 7) is 0. The number of isocyanates is 1. The van der Waals surface area contributed by atoms with Crippen LogP contribution in [0.1, 0.15) is 11.9 Å². The van der Waals surface area contributed by atoms with Crippen molar-refractivity contribution in [3.63, 3.8) is 0 Å². The number of nitrogens with zero attached hydrogens (tertiary/aromatic N) is 1. The first-order valence-corrected chi connectivity index (χ1v) is 4.15. The standard InChI is InChI=1S/C10H10FNO3/c1-14-10(15-2)7-3-4-8(11)9(5-7)12-6-13/h3-5,10H,1-2H3. The highest BCUT2D eigenvalue weighted by atomic mass is 19.1. The molecule has 0 spiro atoms. The number of rotatable bonds is 4. The van der Waals surface area contributed by atoms with Gasteiger partial charge in [-0.25, -0.2) is 9.18 Å². The van der Waals surface area contributed by atoms with Gasteiger partial charge in [-0.3, -0.25) is 0 Å². The van der Waals surface area contributed by atoms with Crippen molar-refractivity contribution in [3.8, 4) is 0 Å². The van der Waals surface area contributed by atoms with Crippen LogP contribution in [-0.2, 0) is 14.3 Å². The van der Waals surface area contributed by atoms with Gasteiger partial charge in [-0.15, -0.1) is 0 Å². The fraction of sp³-hybridized carbons (Fsp3) is 0.300. The smallest absolute Gasteiger partial charge is 0.240 e. The summed E-state index contributed by atoms with van der Waals surface area (Å²) in [6.07, 6.45) is 0.675. The summed E-state index contributed by atoms with van der Waals surface area (Å²) in [5.41, 5.74) is 0.497. The van der Waals surface area contributed by atoms with Crippen molar-refractivity contribution < 1.29 is 18.7 Å². The molecule has 4 nitrogen and oxygen atoms in total. The molecule has 0 unspecified atom stereocenters. The molecule has 1 aromatic rings. The monoisotopic (exact) mass is 211 g/mol. The lowest BCUT2D eigenvalue weighted by Gasteiger charge is -2.13. The number of carbonyl (C=O) groups excluding carboxylic acids is 1. The van der Waals surface area contributed by atoms with Crippen LogP contribution >= 0.6 is 0 Å². The average molecular weight is 211 g/mol. The van der Waals surface area contributed by atoms with Crippen LogP contribution in [-0.4, -0.2) is 20.3 Å². The van der Waals surface area contributed by atoms with Crippen molar-refractivity contribution >= 4 is 11.8 Å². The molecule has 0 atom stereocenters. The molecule has 0 aliphatic heterocycles. The Hall–Kier alpha value is -1.55. The number of ether oxygens (including phenoxy) is 2. The maximum absolute atomic E-state index is 13.1. The van der Waals surface area contributed by atoms with Gasteiger partial charge in [0.1, 0.15) is 11.5 Å². The zero-order valence-electron chi connectivity index (χ0n) is 8.36. The Morgan fingerprint density at radius 1 is 1.40 bits per heavy atom. The van der Waals surface area contributed by atoms with Gasteiger partial charge in [0.25, 0.3) is 0 Å². The second-order valence-electron chi connectivity index (χ2n) is 2.72. The van der Waals surface area contributed by atoms with Crippen LogP contribution in [0, 0.1) is 5.82 Å². The van der Waals surface area contributed by atoms with Gasteiger partial charge >= 0.3 is 0 Å². The van der Waals surface area contributed by atoms with Crippen LogP contribution in [0.25, 0.3) is 0 Å². The van der Waals surface area contributed by atoms with E-state index in [1.54, 1.807) is 0 Å². The van der Waals surface area contributed by atoms with Gasteiger partial charge in [-0.05, 0) is 12.1 Å². The molecule has 15 heavy (non-hydrogen) atoms. The summed E-state index contributed by atoms with van der Waals surface area (Å²) in [5.74, 6) is -0.590. The van der Waals surface area contributed by atoms with E-state index in [0.29, 0.717) is 5.56 Å². The van der Waals surface area contributed by atoms with Crippen molar-refractivity contribution in [2.75, 3.05) is 14.2 Å². The highest BCUT2D eigenvalue weighted by molar-refractivity contribution is 5.51. The predicted molar refractivity (Wildman–Crippen MR) is 50.9 cm³/mol. The van der Waals surface area contributed by atoms with E-state index < -0.39 is 12.1 Å². The van der Waals surface area contributed by atoms with Gasteiger partial charge < -0.3 is 9.47 Å². The predicted octanol–water partition coefficient (Wildman–Crippen LogP) is 2.08. The minimum Gasteiger partial charge on any atom is -0.352 e. The first kappa shape index (κ1) is 11.5. The van der Waals surface area contributed by atoms with E-state index in [9.17, 15) is 9.18 Å². The first-order chi connectivity index (χ1) is 7.22. The minimum atomic E-state index is -0.605. The zero-order chi connectivity index (χ0) is 11.3. The summed E-state index contributed by atoms with van der Waals surface area (Å²) in [4.78, 5) is 13.3. The summed E-state index contributed by atoms with van der Waals surface area (Å²) < 4.78 is 23.0. The van der Waals surface area contributed by atoms with Crippen molar-refractivity contribution in [3.05, 3.63) is 29.6 Å². The highest BCUT2D eigenvalue weighted by Gasteiger charge is 2.11. The molecule has 0 heterocycles. The van der Waals surface area contributed by atoms with Gasteiger partial charge in [-0.2, -0.15) is 4.99 Å². The van der Waals surface area contributed by atoms with Crippen LogP contribution in [0.2, 0.25) is 0 Å². The van der Waals surface area contributed by atoms with E-state index in [4.69, 9.17) is 9.47 Å². The third-order valence-corrected chi connectivity index (χ3v) is 1.84. The lowest BCUT2D eigenvalue weighted by molar-refractivity contribution is -0.106. The molecule has 0 fully saturated rings. The maximum atomic E-state index is 13.1. The van der Waals surface area contributed by atoms with Crippen LogP contribution in [0.4, 0.5) is 10.1 Å². The molecule has 0 saturated heterocycles. The van der Waals surface area contributed by atoms with Gasteiger partial charge in [0.2, 0.25) is 6.08 Å². The molecule has 0 N–H and O–H groups in total. The number of hydrogen-bond donors (Lipinski definition) is 0. The molecule has 0 bridgehead atoms. The minimum absolute atomic E-state index is 0.0819. The second kappa shape index (κ2) is 5.36.